The van der Waals surface area contributed by atoms with Crippen LogP contribution in [0.1, 0.15) is 51.6 Å². The van der Waals surface area contributed by atoms with E-state index in [1.54, 1.807) is 28.0 Å². The molecule has 1 atom stereocenters. The number of carbonyl (C=O) groups excluding carboxylic acids is 3. The van der Waals surface area contributed by atoms with Crippen molar-refractivity contribution in [2.75, 3.05) is 18.1 Å². The first-order valence-electron chi connectivity index (χ1n) is 12.4. The van der Waals surface area contributed by atoms with Crippen LogP contribution < -0.4 is 15.0 Å². The maximum Gasteiger partial charge on any atom is 0.256 e. The minimum absolute atomic E-state index is 0.0528. The van der Waals surface area contributed by atoms with E-state index < -0.39 is 6.04 Å². The summed E-state index contributed by atoms with van der Waals surface area (Å²) in [6.07, 6.45) is 1.52. The molecule has 3 amide bonds. The number of rotatable bonds is 7. The lowest BCUT2D eigenvalue weighted by Gasteiger charge is -2.26. The van der Waals surface area contributed by atoms with Crippen LogP contribution in [0.15, 0.2) is 72.8 Å². The van der Waals surface area contributed by atoms with Gasteiger partial charge in [0, 0.05) is 18.7 Å². The van der Waals surface area contributed by atoms with Crippen LogP contribution in [0.3, 0.4) is 0 Å². The van der Waals surface area contributed by atoms with Gasteiger partial charge in [-0.1, -0.05) is 36.4 Å². The minimum atomic E-state index is -0.419. The van der Waals surface area contributed by atoms with Crippen molar-refractivity contribution in [2.45, 2.75) is 38.9 Å². The highest BCUT2D eigenvalue weighted by atomic mass is 16.5. The Morgan fingerprint density at radius 2 is 1.69 bits per heavy atom. The van der Waals surface area contributed by atoms with E-state index in [4.69, 9.17) is 4.74 Å². The average molecular weight is 484 g/mol. The Balaban J connectivity index is 1.28. The van der Waals surface area contributed by atoms with E-state index in [2.05, 4.69) is 5.32 Å². The molecule has 0 aliphatic carbocycles. The van der Waals surface area contributed by atoms with E-state index in [1.165, 1.54) is 0 Å². The first kappa shape index (κ1) is 23.6. The Labute approximate surface area is 210 Å². The lowest BCUT2D eigenvalue weighted by molar-refractivity contribution is -0.122. The second-order valence-corrected chi connectivity index (χ2v) is 9.05. The maximum absolute atomic E-state index is 13.5. The third-order valence-electron chi connectivity index (χ3n) is 6.73. The van der Waals surface area contributed by atoms with E-state index in [9.17, 15) is 14.4 Å². The van der Waals surface area contributed by atoms with Crippen LogP contribution in [0, 0.1) is 0 Å². The van der Waals surface area contributed by atoms with Gasteiger partial charge in [0.25, 0.3) is 11.8 Å². The van der Waals surface area contributed by atoms with Crippen LogP contribution in [-0.4, -0.2) is 41.8 Å². The third kappa shape index (κ3) is 4.69. The number of carbonyl (C=O) groups is 3. The smallest absolute Gasteiger partial charge is 0.256 e. The normalized spacial score (nSPS) is 16.9. The Morgan fingerprint density at radius 3 is 2.44 bits per heavy atom. The highest BCUT2D eigenvalue weighted by Crippen LogP contribution is 2.33. The molecule has 5 rings (SSSR count). The molecule has 1 saturated heterocycles. The monoisotopic (exact) mass is 483 g/mol. The number of hydrogen-bond acceptors (Lipinski definition) is 4. The number of anilines is 1. The molecule has 7 nitrogen and oxygen atoms in total. The van der Waals surface area contributed by atoms with E-state index >= 15 is 0 Å². The summed E-state index contributed by atoms with van der Waals surface area (Å²) in [5, 5.41) is 2.94. The van der Waals surface area contributed by atoms with Gasteiger partial charge >= 0.3 is 0 Å². The largest absolute Gasteiger partial charge is 0.494 e. The zero-order chi connectivity index (χ0) is 25.1. The standard InChI is InChI=1S/C29H29N3O4/c1-2-36-23-15-11-20(12-16-23)18-30-27(33)22-13-9-21(10-14-22)19-32-25-7-4-3-6-24(25)28(34)31-17-5-8-26(31)29(32)35/h3-4,6-7,9-16,26H,2,5,8,17-19H2,1H3,(H,30,33)/t26-/m0/s1. The van der Waals surface area contributed by atoms with Crippen molar-refractivity contribution in [3.8, 4) is 5.75 Å². The molecule has 3 aromatic rings. The fourth-order valence-electron chi connectivity index (χ4n) is 4.87. The molecule has 0 saturated carbocycles. The number of para-hydroxylation sites is 1. The summed E-state index contributed by atoms with van der Waals surface area (Å²) in [4.78, 5) is 42.6. The second-order valence-electron chi connectivity index (χ2n) is 9.05. The van der Waals surface area contributed by atoms with Crippen LogP contribution >= 0.6 is 0 Å². The van der Waals surface area contributed by atoms with E-state index in [0.29, 0.717) is 49.5 Å². The van der Waals surface area contributed by atoms with Crippen molar-refractivity contribution in [3.05, 3.63) is 95.1 Å². The summed E-state index contributed by atoms with van der Waals surface area (Å²) in [6.45, 7) is 3.91. The molecule has 0 radical (unpaired) electrons. The van der Waals surface area contributed by atoms with Gasteiger partial charge in [-0.2, -0.15) is 0 Å². The van der Waals surface area contributed by atoms with Gasteiger partial charge in [-0.15, -0.1) is 0 Å². The Morgan fingerprint density at radius 1 is 0.972 bits per heavy atom. The van der Waals surface area contributed by atoms with Crippen molar-refractivity contribution in [2.24, 2.45) is 0 Å². The van der Waals surface area contributed by atoms with Crippen molar-refractivity contribution in [3.63, 3.8) is 0 Å². The summed E-state index contributed by atoms with van der Waals surface area (Å²) in [5.74, 6) is 0.504. The van der Waals surface area contributed by atoms with Gasteiger partial charge in [0.1, 0.15) is 11.8 Å². The van der Waals surface area contributed by atoms with Crippen LogP contribution in [0.4, 0.5) is 5.69 Å². The zero-order valence-electron chi connectivity index (χ0n) is 20.3. The molecule has 2 heterocycles. The number of nitrogens with zero attached hydrogens (tertiary/aromatic N) is 2. The molecule has 7 heteroatoms. The minimum Gasteiger partial charge on any atom is -0.494 e. The van der Waals surface area contributed by atoms with E-state index in [1.807, 2.05) is 61.5 Å². The molecule has 3 aromatic carbocycles. The molecule has 1 N–H and O–H groups in total. The van der Waals surface area contributed by atoms with Crippen LogP contribution in [0.25, 0.3) is 0 Å². The van der Waals surface area contributed by atoms with Gasteiger partial charge in [0.05, 0.1) is 24.4 Å². The highest BCUT2D eigenvalue weighted by molar-refractivity contribution is 6.11. The van der Waals surface area contributed by atoms with Crippen molar-refractivity contribution >= 4 is 23.4 Å². The summed E-state index contributed by atoms with van der Waals surface area (Å²) < 4.78 is 5.45. The lowest BCUT2D eigenvalue weighted by Crippen LogP contribution is -2.44. The zero-order valence-corrected chi connectivity index (χ0v) is 20.3. The van der Waals surface area contributed by atoms with Crippen molar-refractivity contribution < 1.29 is 19.1 Å². The first-order chi connectivity index (χ1) is 17.5. The molecule has 184 valence electrons. The highest BCUT2D eigenvalue weighted by Gasteiger charge is 2.41. The Bertz CT molecular complexity index is 1270. The Hall–Kier alpha value is -4.13. The second kappa shape index (κ2) is 10.2. The van der Waals surface area contributed by atoms with E-state index in [0.717, 1.165) is 23.3 Å². The lowest BCUT2D eigenvalue weighted by atomic mass is 10.1. The number of amides is 3. The molecule has 2 aliphatic rings. The summed E-state index contributed by atoms with van der Waals surface area (Å²) >= 11 is 0. The number of nitrogens with one attached hydrogen (secondary N) is 1. The number of ether oxygens (including phenoxy) is 1. The summed E-state index contributed by atoms with van der Waals surface area (Å²) in [5.41, 5.74) is 3.61. The predicted octanol–water partition coefficient (Wildman–Crippen LogP) is 4.17. The topological polar surface area (TPSA) is 79.0 Å². The van der Waals surface area contributed by atoms with Crippen LogP contribution in [0.2, 0.25) is 0 Å². The quantitative estimate of drug-likeness (QED) is 0.547. The van der Waals surface area contributed by atoms with Gasteiger partial charge in [-0.05, 0) is 67.3 Å². The van der Waals surface area contributed by atoms with Crippen molar-refractivity contribution in [1.29, 1.82) is 0 Å². The molecule has 0 bridgehead atoms. The van der Waals surface area contributed by atoms with Crippen LogP contribution in [-0.2, 0) is 17.9 Å². The molecule has 0 aromatic heterocycles. The van der Waals surface area contributed by atoms with Crippen LogP contribution in [0.5, 0.6) is 5.75 Å². The Kier molecular flexibility index (Phi) is 6.71. The number of benzene rings is 3. The molecular formula is C29H29N3O4. The molecule has 36 heavy (non-hydrogen) atoms. The maximum atomic E-state index is 13.5. The SMILES string of the molecule is CCOc1ccc(CNC(=O)c2ccc(CN3C(=O)[C@@H]4CCCN4C(=O)c4ccccc43)cc2)cc1. The summed E-state index contributed by atoms with van der Waals surface area (Å²) in [6, 6.07) is 21.8. The molecule has 2 aliphatic heterocycles. The van der Waals surface area contributed by atoms with Gasteiger partial charge < -0.3 is 19.9 Å². The van der Waals surface area contributed by atoms with Gasteiger partial charge in [0.2, 0.25) is 5.91 Å². The summed E-state index contributed by atoms with van der Waals surface area (Å²) in [7, 11) is 0. The predicted molar refractivity (Wildman–Crippen MR) is 137 cm³/mol. The molecule has 0 spiro atoms. The third-order valence-corrected chi connectivity index (χ3v) is 6.73. The van der Waals surface area contributed by atoms with Gasteiger partial charge in [0.15, 0.2) is 0 Å². The number of fused-ring (bicyclic) bond motifs is 2. The van der Waals surface area contributed by atoms with Gasteiger partial charge in [-0.25, -0.2) is 0 Å². The fourth-order valence-corrected chi connectivity index (χ4v) is 4.87. The first-order valence-corrected chi connectivity index (χ1v) is 12.4. The molecular weight excluding hydrogens is 454 g/mol. The van der Waals surface area contributed by atoms with E-state index in [-0.39, 0.29) is 17.7 Å². The molecule has 1 fully saturated rings. The number of hydrogen-bond donors (Lipinski definition) is 1. The average Bonchev–Trinajstić information content (AvgIpc) is 3.38. The van der Waals surface area contributed by atoms with Crippen molar-refractivity contribution in [1.82, 2.24) is 10.2 Å². The fraction of sp³-hybridized carbons (Fsp3) is 0.276. The molecule has 0 unspecified atom stereocenters. The van der Waals surface area contributed by atoms with Gasteiger partial charge in [-0.3, -0.25) is 14.4 Å².